The number of ether oxygens (including phenoxy) is 4. The number of nitrogens with zero attached hydrogens (tertiary/aromatic N) is 2. The Hall–Kier alpha value is -2.93. The van der Waals surface area contributed by atoms with Crippen molar-refractivity contribution in [3.8, 4) is 0 Å². The lowest BCUT2D eigenvalue weighted by Crippen LogP contribution is -2.36. The maximum atomic E-state index is 13.2. The summed E-state index contributed by atoms with van der Waals surface area (Å²) in [6.45, 7) is 3.91. The summed E-state index contributed by atoms with van der Waals surface area (Å²) in [7, 11) is 2.65. The van der Waals surface area contributed by atoms with E-state index in [1.165, 1.54) is 14.2 Å². The number of rotatable bonds is 9. The normalized spacial score (nSPS) is 19.2. The van der Waals surface area contributed by atoms with E-state index in [1.807, 2.05) is 0 Å². The average molecular weight is 573 g/mol. The maximum Gasteiger partial charge on any atom is 0.336 e. The van der Waals surface area contributed by atoms with E-state index in [9.17, 15) is 13.8 Å². The summed E-state index contributed by atoms with van der Waals surface area (Å²) in [4.78, 5) is 26.0. The predicted molar refractivity (Wildman–Crippen MR) is 140 cm³/mol. The van der Waals surface area contributed by atoms with Crippen LogP contribution in [-0.4, -0.2) is 68.5 Å². The van der Waals surface area contributed by atoms with E-state index in [-0.39, 0.29) is 59.3 Å². The van der Waals surface area contributed by atoms with Gasteiger partial charge in [-0.1, -0.05) is 35.3 Å². The highest BCUT2D eigenvalue weighted by Gasteiger charge is 2.40. The average Bonchev–Trinajstić information content (AvgIpc) is 3.24. The Morgan fingerprint density at radius 1 is 1.16 bits per heavy atom. The highest BCUT2D eigenvalue weighted by atomic mass is 35.5. The summed E-state index contributed by atoms with van der Waals surface area (Å²) >= 11 is 11.1. The SMILES string of the molecule is CCOC(=O)C1=C(COCCNC2=NS(=O)N=C2OC)NC(C)=C(C(=O)OC)C1c1cccc(Cl)c1Cl. The molecule has 0 aromatic heterocycles. The van der Waals surface area contributed by atoms with Crippen LogP contribution < -0.4 is 10.6 Å². The molecule has 0 amide bonds. The molecule has 2 aliphatic heterocycles. The third-order valence-corrected chi connectivity index (χ3v) is 6.84. The standard InChI is InChI=1S/C23H26Cl2N4O7S/c1-5-36-23(31)18-15(11-35-10-9-26-20-21(33-3)29-37(32)28-20)27-12(2)16(22(30)34-4)17(18)13-7-6-8-14(24)19(13)25/h6-8,17,27H,5,9-11H2,1-4H3,(H,26,28). The van der Waals surface area contributed by atoms with Gasteiger partial charge in [0.2, 0.25) is 5.84 Å². The first-order chi connectivity index (χ1) is 17.7. The number of halogens is 2. The number of hydrogen-bond donors (Lipinski definition) is 2. The summed E-state index contributed by atoms with van der Waals surface area (Å²) < 4.78 is 40.2. The van der Waals surface area contributed by atoms with Crippen LogP contribution in [0.1, 0.15) is 25.3 Å². The molecule has 0 radical (unpaired) electrons. The Bertz CT molecular complexity index is 1230. The second-order valence-electron chi connectivity index (χ2n) is 7.59. The molecule has 0 spiro atoms. The molecule has 14 heteroatoms. The topological polar surface area (TPSA) is 137 Å². The molecule has 0 saturated carbocycles. The van der Waals surface area contributed by atoms with E-state index in [0.29, 0.717) is 17.0 Å². The van der Waals surface area contributed by atoms with Crippen LogP contribution in [0.4, 0.5) is 0 Å². The van der Waals surface area contributed by atoms with Crippen molar-refractivity contribution in [3.63, 3.8) is 0 Å². The number of benzene rings is 1. The van der Waals surface area contributed by atoms with Gasteiger partial charge in [-0.25, -0.2) is 13.8 Å². The molecule has 3 rings (SSSR count). The molecule has 37 heavy (non-hydrogen) atoms. The van der Waals surface area contributed by atoms with Gasteiger partial charge in [0.25, 0.3) is 17.1 Å². The zero-order chi connectivity index (χ0) is 27.1. The summed E-state index contributed by atoms with van der Waals surface area (Å²) in [6, 6.07) is 4.97. The fourth-order valence-electron chi connectivity index (χ4n) is 3.80. The molecule has 1 aromatic rings. The van der Waals surface area contributed by atoms with Crippen molar-refractivity contribution in [1.29, 1.82) is 0 Å². The highest BCUT2D eigenvalue weighted by Crippen LogP contribution is 2.43. The van der Waals surface area contributed by atoms with Gasteiger partial charge in [-0.05, 0) is 25.5 Å². The monoisotopic (exact) mass is 572 g/mol. The number of methoxy groups -OCH3 is 2. The lowest BCUT2D eigenvalue weighted by Gasteiger charge is -2.31. The lowest BCUT2D eigenvalue weighted by molar-refractivity contribution is -0.139. The van der Waals surface area contributed by atoms with Crippen LogP contribution in [0.25, 0.3) is 0 Å². The Morgan fingerprint density at radius 2 is 1.92 bits per heavy atom. The molecular formula is C23H26Cl2N4O7S. The molecule has 2 unspecified atom stereocenters. The van der Waals surface area contributed by atoms with Crippen LogP contribution in [0.15, 0.2) is 49.5 Å². The first-order valence-corrected chi connectivity index (χ1v) is 12.9. The molecule has 2 N–H and O–H groups in total. The number of carbonyl (C=O) groups excluding carboxylic acids is 2. The van der Waals surface area contributed by atoms with E-state index in [1.54, 1.807) is 32.0 Å². The summed E-state index contributed by atoms with van der Waals surface area (Å²) in [5, 5.41) is 6.49. The fourth-order valence-corrected chi connectivity index (χ4v) is 4.86. The van der Waals surface area contributed by atoms with E-state index in [4.69, 9.17) is 42.1 Å². The molecule has 0 aliphatic carbocycles. The van der Waals surface area contributed by atoms with Crippen molar-refractivity contribution in [2.24, 2.45) is 8.80 Å². The Kier molecular flexibility index (Phi) is 10.1. The minimum Gasteiger partial charge on any atom is -0.478 e. The zero-order valence-electron chi connectivity index (χ0n) is 20.6. The largest absolute Gasteiger partial charge is 0.478 e. The third-order valence-electron chi connectivity index (χ3n) is 5.35. The predicted octanol–water partition coefficient (Wildman–Crippen LogP) is 2.59. The van der Waals surface area contributed by atoms with E-state index >= 15 is 0 Å². The molecule has 1 aromatic carbocycles. The maximum absolute atomic E-state index is 13.2. The van der Waals surface area contributed by atoms with Crippen molar-refractivity contribution in [1.82, 2.24) is 10.6 Å². The highest BCUT2D eigenvalue weighted by molar-refractivity contribution is 7.83. The van der Waals surface area contributed by atoms with Crippen LogP contribution in [-0.2, 0) is 39.7 Å². The molecule has 2 aliphatic rings. The smallest absolute Gasteiger partial charge is 0.336 e. The number of carbonyl (C=O) groups is 2. The summed E-state index contributed by atoms with van der Waals surface area (Å²) in [6.07, 6.45) is 0. The summed E-state index contributed by atoms with van der Waals surface area (Å²) in [5.74, 6) is -1.81. The molecule has 2 atom stereocenters. The molecule has 0 bridgehead atoms. The van der Waals surface area contributed by atoms with E-state index in [0.717, 1.165) is 0 Å². The molecule has 200 valence electrons. The molecule has 11 nitrogen and oxygen atoms in total. The van der Waals surface area contributed by atoms with Gasteiger partial charge in [0.15, 0.2) is 0 Å². The summed E-state index contributed by atoms with van der Waals surface area (Å²) in [5.41, 5.74) is 1.63. The number of hydrogen-bond acceptors (Lipinski definition) is 9. The van der Waals surface area contributed by atoms with Crippen LogP contribution in [0, 0.1) is 0 Å². The lowest BCUT2D eigenvalue weighted by atomic mass is 9.80. The first-order valence-electron chi connectivity index (χ1n) is 11.1. The van der Waals surface area contributed by atoms with Crippen LogP contribution in [0.2, 0.25) is 10.0 Å². The minimum absolute atomic E-state index is 0.0278. The van der Waals surface area contributed by atoms with Gasteiger partial charge in [-0.15, -0.1) is 8.80 Å². The number of esters is 2. The quantitative estimate of drug-likeness (QED) is 0.337. The van der Waals surface area contributed by atoms with Crippen molar-refractivity contribution < 1.29 is 32.7 Å². The zero-order valence-corrected chi connectivity index (χ0v) is 22.9. The first kappa shape index (κ1) is 28.6. The molecule has 0 fully saturated rings. The van der Waals surface area contributed by atoms with Crippen molar-refractivity contribution >= 4 is 58.0 Å². The van der Waals surface area contributed by atoms with Crippen molar-refractivity contribution in [2.75, 3.05) is 40.6 Å². The number of nitrogens with one attached hydrogen (secondary N) is 2. The molecular weight excluding hydrogens is 547 g/mol. The van der Waals surface area contributed by atoms with Gasteiger partial charge in [0.05, 0.1) is 66.8 Å². The Labute approximate surface area is 226 Å². The molecule has 2 heterocycles. The second kappa shape index (κ2) is 13.0. The van der Waals surface area contributed by atoms with Crippen LogP contribution in [0.3, 0.4) is 0 Å². The van der Waals surface area contributed by atoms with E-state index < -0.39 is 29.0 Å². The Morgan fingerprint density at radius 3 is 2.59 bits per heavy atom. The van der Waals surface area contributed by atoms with Gasteiger partial charge >= 0.3 is 11.9 Å². The second-order valence-corrected chi connectivity index (χ2v) is 9.21. The van der Waals surface area contributed by atoms with E-state index in [2.05, 4.69) is 19.4 Å². The van der Waals surface area contributed by atoms with Gasteiger partial charge in [-0.2, -0.15) is 0 Å². The van der Waals surface area contributed by atoms with Crippen molar-refractivity contribution in [2.45, 2.75) is 19.8 Å². The van der Waals surface area contributed by atoms with Crippen molar-refractivity contribution in [3.05, 3.63) is 56.3 Å². The Balaban J connectivity index is 1.90. The van der Waals surface area contributed by atoms with Gasteiger partial charge in [-0.3, -0.25) is 0 Å². The molecule has 0 saturated heterocycles. The van der Waals surface area contributed by atoms with Crippen LogP contribution >= 0.6 is 23.2 Å². The number of allylic oxidation sites excluding steroid dienone is 1. The van der Waals surface area contributed by atoms with Gasteiger partial charge < -0.3 is 29.6 Å². The number of amidine groups is 1. The third kappa shape index (κ3) is 6.50. The fraction of sp³-hybridized carbons (Fsp3) is 0.391. The van der Waals surface area contributed by atoms with Gasteiger partial charge in [0.1, 0.15) is 0 Å². The minimum atomic E-state index is -1.73. The van der Waals surface area contributed by atoms with Crippen LogP contribution in [0.5, 0.6) is 0 Å². The number of dihydropyridines is 1. The van der Waals surface area contributed by atoms with Gasteiger partial charge in [0, 0.05) is 12.2 Å².